The van der Waals surface area contributed by atoms with Crippen LogP contribution in [0.25, 0.3) is 11.0 Å². The van der Waals surface area contributed by atoms with Gasteiger partial charge in [0.2, 0.25) is 5.91 Å². The third-order valence-electron chi connectivity index (χ3n) is 3.23. The van der Waals surface area contributed by atoms with Crippen LogP contribution in [0.5, 0.6) is 5.75 Å². The van der Waals surface area contributed by atoms with E-state index in [1.165, 1.54) is 0 Å². The van der Waals surface area contributed by atoms with Crippen LogP contribution < -0.4 is 10.5 Å². The Kier molecular flexibility index (Phi) is 4.49. The van der Waals surface area contributed by atoms with Crippen molar-refractivity contribution in [2.45, 2.75) is 25.8 Å². The maximum Gasteiger partial charge on any atom is 0.219 e. The lowest BCUT2D eigenvalue weighted by Gasteiger charge is -2.16. The summed E-state index contributed by atoms with van der Waals surface area (Å²) in [6, 6.07) is 5.66. The van der Waals surface area contributed by atoms with Crippen LogP contribution in [-0.4, -0.2) is 28.4 Å². The Balaban J connectivity index is 2.59. The number of rotatable bonds is 6. The smallest absolute Gasteiger partial charge is 0.219 e. The van der Waals surface area contributed by atoms with Crippen molar-refractivity contribution in [2.24, 2.45) is 5.73 Å². The molecule has 1 heterocycles. The normalized spacial score (nSPS) is 12.6. The van der Waals surface area contributed by atoms with Gasteiger partial charge in [-0.25, -0.2) is 4.98 Å². The van der Waals surface area contributed by atoms with Crippen molar-refractivity contribution < 1.29 is 9.53 Å². The number of ether oxygens (including phenoxy) is 1. The number of hydrogen-bond donors (Lipinski definition) is 1. The van der Waals surface area contributed by atoms with Gasteiger partial charge < -0.3 is 15.0 Å². The van der Waals surface area contributed by atoms with Crippen molar-refractivity contribution in [2.75, 3.05) is 13.0 Å². The van der Waals surface area contributed by atoms with Crippen LogP contribution >= 0.6 is 11.6 Å². The van der Waals surface area contributed by atoms with Crippen molar-refractivity contribution in [3.8, 4) is 5.75 Å². The fraction of sp³-hybridized carbons (Fsp3) is 0.429. The first-order valence-corrected chi connectivity index (χ1v) is 7.00. The number of halogens is 1. The number of aryl methyl sites for hydroxylation is 1. The zero-order valence-electron chi connectivity index (χ0n) is 11.6. The summed E-state index contributed by atoms with van der Waals surface area (Å²) in [5.74, 6) is 1.69. The third-order valence-corrected chi connectivity index (χ3v) is 3.42. The van der Waals surface area contributed by atoms with E-state index in [1.54, 1.807) is 7.11 Å². The summed E-state index contributed by atoms with van der Waals surface area (Å²) >= 11 is 5.84. The van der Waals surface area contributed by atoms with E-state index in [1.807, 2.05) is 29.7 Å². The second-order valence-electron chi connectivity index (χ2n) is 4.68. The Morgan fingerprint density at radius 3 is 2.90 bits per heavy atom. The minimum atomic E-state index is -0.334. The van der Waals surface area contributed by atoms with Gasteiger partial charge in [-0.1, -0.05) is 6.07 Å². The number of para-hydroxylation sites is 1. The molecule has 1 unspecified atom stereocenters. The Labute approximate surface area is 122 Å². The second kappa shape index (κ2) is 6.13. The van der Waals surface area contributed by atoms with Crippen molar-refractivity contribution >= 4 is 28.5 Å². The van der Waals surface area contributed by atoms with Crippen LogP contribution in [0.2, 0.25) is 0 Å². The molecule has 0 aliphatic heterocycles. The SMILES string of the molecule is COc1cccc2c1nc(CCCl)n2C(C)CC(N)=O. The van der Waals surface area contributed by atoms with Crippen molar-refractivity contribution in [1.82, 2.24) is 9.55 Å². The molecule has 0 fully saturated rings. The number of carbonyl (C=O) groups is 1. The van der Waals surface area contributed by atoms with E-state index >= 15 is 0 Å². The maximum absolute atomic E-state index is 11.2. The number of alkyl halides is 1. The number of fused-ring (bicyclic) bond motifs is 1. The monoisotopic (exact) mass is 295 g/mol. The molecule has 1 aromatic heterocycles. The third kappa shape index (κ3) is 2.72. The first-order chi connectivity index (χ1) is 9.58. The molecule has 0 aliphatic carbocycles. The molecule has 2 rings (SSSR count). The van der Waals surface area contributed by atoms with Gasteiger partial charge in [-0.3, -0.25) is 4.79 Å². The molecule has 1 aromatic carbocycles. The summed E-state index contributed by atoms with van der Waals surface area (Å²) in [7, 11) is 1.61. The highest BCUT2D eigenvalue weighted by atomic mass is 35.5. The maximum atomic E-state index is 11.2. The molecule has 5 nitrogen and oxygen atoms in total. The first-order valence-electron chi connectivity index (χ1n) is 6.46. The van der Waals surface area contributed by atoms with Crippen LogP contribution in [-0.2, 0) is 11.2 Å². The minimum absolute atomic E-state index is 0.0668. The van der Waals surface area contributed by atoms with Gasteiger partial charge in [0.1, 0.15) is 17.1 Å². The number of hydrogen-bond acceptors (Lipinski definition) is 3. The topological polar surface area (TPSA) is 70.1 Å². The molecule has 1 atom stereocenters. The lowest BCUT2D eigenvalue weighted by atomic mass is 10.2. The van der Waals surface area contributed by atoms with E-state index in [-0.39, 0.29) is 18.4 Å². The molecule has 0 aliphatic rings. The number of imidazole rings is 1. The summed E-state index contributed by atoms with van der Waals surface area (Å²) in [4.78, 5) is 15.8. The van der Waals surface area contributed by atoms with Crippen LogP contribution in [0, 0.1) is 0 Å². The van der Waals surface area contributed by atoms with Crippen molar-refractivity contribution in [3.05, 3.63) is 24.0 Å². The molecule has 0 saturated heterocycles. The summed E-state index contributed by atoms with van der Waals surface area (Å²) in [6.07, 6.45) is 0.889. The number of aromatic nitrogens is 2. The molecule has 0 bridgehead atoms. The van der Waals surface area contributed by atoms with E-state index in [0.29, 0.717) is 18.1 Å². The Morgan fingerprint density at radius 1 is 1.55 bits per heavy atom. The van der Waals surface area contributed by atoms with Gasteiger partial charge in [0.25, 0.3) is 0 Å². The average Bonchev–Trinajstić information content (AvgIpc) is 2.76. The molecule has 0 radical (unpaired) electrons. The Hall–Kier alpha value is -1.75. The molecule has 2 aromatic rings. The standard InChI is InChI=1S/C14H18ClN3O2/c1-9(8-12(16)19)18-10-4-3-5-11(20-2)14(10)17-13(18)6-7-15/h3-5,9H,6-8H2,1-2H3,(H2,16,19). The van der Waals surface area contributed by atoms with Crippen LogP contribution in [0.4, 0.5) is 0 Å². The van der Waals surface area contributed by atoms with Crippen LogP contribution in [0.1, 0.15) is 25.2 Å². The Morgan fingerprint density at radius 2 is 2.30 bits per heavy atom. The van der Waals surface area contributed by atoms with E-state index in [4.69, 9.17) is 22.1 Å². The molecule has 6 heteroatoms. The zero-order valence-corrected chi connectivity index (χ0v) is 12.4. The number of methoxy groups -OCH3 is 1. The van der Waals surface area contributed by atoms with Crippen molar-refractivity contribution in [3.63, 3.8) is 0 Å². The minimum Gasteiger partial charge on any atom is -0.494 e. The van der Waals surface area contributed by atoms with E-state index in [2.05, 4.69) is 4.98 Å². The molecule has 20 heavy (non-hydrogen) atoms. The summed E-state index contributed by atoms with van der Waals surface area (Å²) < 4.78 is 7.35. The van der Waals surface area contributed by atoms with Gasteiger partial charge in [-0.05, 0) is 19.1 Å². The largest absolute Gasteiger partial charge is 0.494 e. The van der Waals surface area contributed by atoms with E-state index < -0.39 is 0 Å². The number of nitrogens with two attached hydrogens (primary N) is 1. The molecular weight excluding hydrogens is 278 g/mol. The van der Waals surface area contributed by atoms with Gasteiger partial charge in [-0.2, -0.15) is 0 Å². The zero-order chi connectivity index (χ0) is 14.7. The van der Waals surface area contributed by atoms with Gasteiger partial charge in [-0.15, -0.1) is 11.6 Å². The Bertz CT molecular complexity index is 624. The van der Waals surface area contributed by atoms with Crippen LogP contribution in [0.3, 0.4) is 0 Å². The second-order valence-corrected chi connectivity index (χ2v) is 5.06. The van der Waals surface area contributed by atoms with Gasteiger partial charge in [0, 0.05) is 24.8 Å². The highest BCUT2D eigenvalue weighted by molar-refractivity contribution is 6.17. The molecule has 2 N–H and O–H groups in total. The number of benzene rings is 1. The highest BCUT2D eigenvalue weighted by Gasteiger charge is 2.19. The number of nitrogens with zero attached hydrogens (tertiary/aromatic N) is 2. The lowest BCUT2D eigenvalue weighted by Crippen LogP contribution is -2.19. The predicted molar refractivity (Wildman–Crippen MR) is 79.2 cm³/mol. The van der Waals surface area contributed by atoms with E-state index in [9.17, 15) is 4.79 Å². The number of primary amides is 1. The van der Waals surface area contributed by atoms with Gasteiger partial charge >= 0.3 is 0 Å². The summed E-state index contributed by atoms with van der Waals surface area (Å²) in [5.41, 5.74) is 7.01. The van der Waals surface area contributed by atoms with Crippen LogP contribution in [0.15, 0.2) is 18.2 Å². The lowest BCUT2D eigenvalue weighted by molar-refractivity contribution is -0.118. The van der Waals surface area contributed by atoms with Gasteiger partial charge in [0.05, 0.1) is 12.6 Å². The molecular formula is C14H18ClN3O2. The number of amides is 1. The summed E-state index contributed by atoms with van der Waals surface area (Å²) in [6.45, 7) is 1.95. The quantitative estimate of drug-likeness (QED) is 0.831. The summed E-state index contributed by atoms with van der Waals surface area (Å²) in [5, 5.41) is 0. The average molecular weight is 296 g/mol. The fourth-order valence-corrected chi connectivity index (χ4v) is 2.61. The highest BCUT2D eigenvalue weighted by Crippen LogP contribution is 2.29. The van der Waals surface area contributed by atoms with Gasteiger partial charge in [0.15, 0.2) is 0 Å². The van der Waals surface area contributed by atoms with Crippen molar-refractivity contribution in [1.29, 1.82) is 0 Å². The predicted octanol–water partition coefficient (Wildman–Crippen LogP) is 2.26. The van der Waals surface area contributed by atoms with E-state index in [0.717, 1.165) is 16.9 Å². The fourth-order valence-electron chi connectivity index (χ4n) is 2.44. The first kappa shape index (κ1) is 14.7. The molecule has 1 amide bonds. The number of carbonyl (C=O) groups excluding carboxylic acids is 1. The molecule has 108 valence electrons. The molecule has 0 saturated carbocycles. The molecule has 0 spiro atoms.